The van der Waals surface area contributed by atoms with Gasteiger partial charge in [-0.05, 0) is 24.8 Å². The number of carbonyl (C=O) groups excluding carboxylic acids is 1. The van der Waals surface area contributed by atoms with E-state index >= 15 is 0 Å². The van der Waals surface area contributed by atoms with Crippen LogP contribution in [0.1, 0.15) is 31.2 Å². The summed E-state index contributed by atoms with van der Waals surface area (Å²) in [7, 11) is 3.54. The van der Waals surface area contributed by atoms with Gasteiger partial charge in [0, 0.05) is 38.1 Å². The van der Waals surface area contributed by atoms with Crippen molar-refractivity contribution in [3.63, 3.8) is 0 Å². The first kappa shape index (κ1) is 18.3. The largest absolute Gasteiger partial charge is 0.377 e. The zero-order chi connectivity index (χ0) is 18.9. The van der Waals surface area contributed by atoms with Crippen molar-refractivity contribution in [2.75, 3.05) is 27.2 Å². The molecule has 3 unspecified atom stereocenters. The van der Waals surface area contributed by atoms with Gasteiger partial charge in [-0.15, -0.1) is 0 Å². The van der Waals surface area contributed by atoms with E-state index in [0.29, 0.717) is 24.6 Å². The number of benzene rings is 1. The lowest BCUT2D eigenvalue weighted by atomic mass is 9.46. The van der Waals surface area contributed by atoms with Crippen LogP contribution in [0.4, 0.5) is 0 Å². The number of nitrogens with one attached hydrogen (secondary N) is 2. The Kier molecular flexibility index (Phi) is 5.08. The van der Waals surface area contributed by atoms with Crippen molar-refractivity contribution in [1.29, 1.82) is 0 Å². The standard InChI is InChI=1S/C21H30N4O2/c1-25(2)17(26)14-23-20(22-13-15-7-4-3-5-8-15)24-18-16-9-12-27-19(16)21(18)10-6-11-21/h3-5,7-8,16,18-19H,6,9-14H2,1-2H3,(H2,22,23,24). The van der Waals surface area contributed by atoms with E-state index in [1.165, 1.54) is 19.3 Å². The summed E-state index contributed by atoms with van der Waals surface area (Å²) in [5.74, 6) is 1.34. The Balaban J connectivity index is 1.46. The molecule has 1 aromatic carbocycles. The van der Waals surface area contributed by atoms with Gasteiger partial charge in [0.05, 0.1) is 19.2 Å². The smallest absolute Gasteiger partial charge is 0.241 e. The summed E-state index contributed by atoms with van der Waals surface area (Å²) in [5.41, 5.74) is 1.44. The Morgan fingerprint density at radius 3 is 2.74 bits per heavy atom. The summed E-state index contributed by atoms with van der Waals surface area (Å²) in [4.78, 5) is 18.4. The average Bonchev–Trinajstić information content (AvgIpc) is 3.05. The maximum Gasteiger partial charge on any atom is 0.241 e. The molecule has 3 aliphatic rings. The fourth-order valence-electron chi connectivity index (χ4n) is 4.83. The summed E-state index contributed by atoms with van der Waals surface area (Å²) in [5, 5.41) is 6.91. The molecule has 146 valence electrons. The normalized spacial score (nSPS) is 28.1. The van der Waals surface area contributed by atoms with Gasteiger partial charge in [0.25, 0.3) is 0 Å². The third-order valence-corrected chi connectivity index (χ3v) is 6.50. The molecule has 3 fully saturated rings. The first-order valence-corrected chi connectivity index (χ1v) is 10.0. The first-order valence-electron chi connectivity index (χ1n) is 10.0. The van der Waals surface area contributed by atoms with Gasteiger partial charge in [-0.25, -0.2) is 4.99 Å². The topological polar surface area (TPSA) is 66.0 Å². The molecule has 6 heteroatoms. The number of likely N-dealkylation sites (N-methyl/N-ethyl adjacent to an activating group) is 1. The molecular weight excluding hydrogens is 340 g/mol. The van der Waals surface area contributed by atoms with E-state index in [1.807, 2.05) is 18.2 Å². The van der Waals surface area contributed by atoms with Crippen molar-refractivity contribution in [3.8, 4) is 0 Å². The van der Waals surface area contributed by atoms with Gasteiger partial charge in [0.15, 0.2) is 5.96 Å². The molecule has 27 heavy (non-hydrogen) atoms. The SMILES string of the molecule is CN(C)C(=O)CNC(=NCc1ccccc1)NC1C2CCOC2C12CCC2. The van der Waals surface area contributed by atoms with Gasteiger partial charge >= 0.3 is 0 Å². The number of aliphatic imine (C=N–C) groups is 1. The van der Waals surface area contributed by atoms with Gasteiger partial charge in [-0.3, -0.25) is 4.79 Å². The minimum atomic E-state index is 0.0401. The molecule has 6 nitrogen and oxygen atoms in total. The third-order valence-electron chi connectivity index (χ3n) is 6.50. The van der Waals surface area contributed by atoms with Crippen molar-refractivity contribution < 1.29 is 9.53 Å². The highest BCUT2D eigenvalue weighted by atomic mass is 16.5. The number of carbonyl (C=O) groups is 1. The van der Waals surface area contributed by atoms with Crippen LogP contribution in [0.15, 0.2) is 35.3 Å². The predicted molar refractivity (Wildman–Crippen MR) is 105 cm³/mol. The number of fused-ring (bicyclic) bond motifs is 2. The Morgan fingerprint density at radius 2 is 2.07 bits per heavy atom. The second kappa shape index (κ2) is 7.50. The Labute approximate surface area is 161 Å². The van der Waals surface area contributed by atoms with E-state index in [2.05, 4.69) is 22.8 Å². The summed E-state index contributed by atoms with van der Waals surface area (Å²) >= 11 is 0. The Morgan fingerprint density at radius 1 is 1.30 bits per heavy atom. The minimum Gasteiger partial charge on any atom is -0.377 e. The molecule has 2 saturated carbocycles. The fraction of sp³-hybridized carbons (Fsp3) is 0.619. The molecule has 1 aliphatic heterocycles. The molecular formula is C21H30N4O2. The Bertz CT molecular complexity index is 699. The predicted octanol–water partition coefficient (Wildman–Crippen LogP) is 1.77. The van der Waals surface area contributed by atoms with Gasteiger partial charge in [0.2, 0.25) is 5.91 Å². The van der Waals surface area contributed by atoms with Gasteiger partial charge < -0.3 is 20.3 Å². The number of rotatable bonds is 5. The van der Waals surface area contributed by atoms with Crippen molar-refractivity contribution in [2.45, 2.75) is 44.4 Å². The highest BCUT2D eigenvalue weighted by Gasteiger charge is 2.66. The first-order chi connectivity index (χ1) is 13.1. The molecule has 0 aromatic heterocycles. The summed E-state index contributed by atoms with van der Waals surface area (Å²) in [6, 6.07) is 10.6. The number of amides is 1. The lowest BCUT2D eigenvalue weighted by molar-refractivity contribution is -0.171. The highest BCUT2D eigenvalue weighted by molar-refractivity contribution is 5.86. The molecule has 2 N–H and O–H groups in total. The minimum absolute atomic E-state index is 0.0401. The van der Waals surface area contributed by atoms with Crippen LogP contribution in [0.2, 0.25) is 0 Å². The van der Waals surface area contributed by atoms with E-state index in [0.717, 1.165) is 24.6 Å². The van der Waals surface area contributed by atoms with Crippen LogP contribution in [0.25, 0.3) is 0 Å². The number of nitrogens with zero attached hydrogens (tertiary/aromatic N) is 2. The highest BCUT2D eigenvalue weighted by Crippen LogP contribution is 2.62. The third kappa shape index (κ3) is 3.43. The van der Waals surface area contributed by atoms with Crippen LogP contribution in [-0.4, -0.2) is 56.2 Å². The van der Waals surface area contributed by atoms with Crippen LogP contribution in [0.3, 0.4) is 0 Å². The monoisotopic (exact) mass is 370 g/mol. The molecule has 3 atom stereocenters. The molecule has 1 spiro atoms. The van der Waals surface area contributed by atoms with Crippen LogP contribution in [-0.2, 0) is 16.1 Å². The molecule has 2 aliphatic carbocycles. The van der Waals surface area contributed by atoms with Gasteiger partial charge in [-0.2, -0.15) is 0 Å². The molecule has 1 aromatic rings. The molecule has 4 rings (SSSR count). The summed E-state index contributed by atoms with van der Waals surface area (Å²) in [6.07, 6.45) is 5.28. The molecule has 1 heterocycles. The molecule has 0 radical (unpaired) electrons. The van der Waals surface area contributed by atoms with E-state index in [-0.39, 0.29) is 17.9 Å². The zero-order valence-corrected chi connectivity index (χ0v) is 16.3. The Hall–Kier alpha value is -2.08. The number of ether oxygens (including phenoxy) is 1. The molecule has 1 amide bonds. The molecule has 0 bridgehead atoms. The van der Waals surface area contributed by atoms with E-state index in [1.54, 1.807) is 19.0 Å². The van der Waals surface area contributed by atoms with E-state index in [9.17, 15) is 4.79 Å². The lowest BCUT2D eigenvalue weighted by Gasteiger charge is -2.63. The van der Waals surface area contributed by atoms with Crippen molar-refractivity contribution in [3.05, 3.63) is 35.9 Å². The summed E-state index contributed by atoms with van der Waals surface area (Å²) in [6.45, 7) is 1.72. The van der Waals surface area contributed by atoms with Gasteiger partial charge in [0.1, 0.15) is 0 Å². The zero-order valence-electron chi connectivity index (χ0n) is 16.3. The average molecular weight is 370 g/mol. The van der Waals surface area contributed by atoms with Crippen LogP contribution >= 0.6 is 0 Å². The maximum absolute atomic E-state index is 12.0. The van der Waals surface area contributed by atoms with E-state index < -0.39 is 0 Å². The second-order valence-corrected chi connectivity index (χ2v) is 8.24. The van der Waals surface area contributed by atoms with Crippen molar-refractivity contribution in [1.82, 2.24) is 15.5 Å². The summed E-state index contributed by atoms with van der Waals surface area (Å²) < 4.78 is 6.02. The van der Waals surface area contributed by atoms with Crippen LogP contribution in [0.5, 0.6) is 0 Å². The number of guanidine groups is 1. The fourth-order valence-corrected chi connectivity index (χ4v) is 4.83. The van der Waals surface area contributed by atoms with Crippen LogP contribution < -0.4 is 10.6 Å². The van der Waals surface area contributed by atoms with E-state index in [4.69, 9.17) is 9.73 Å². The quantitative estimate of drug-likeness (QED) is 0.612. The number of hydrogen-bond donors (Lipinski definition) is 2. The maximum atomic E-state index is 12.0. The second-order valence-electron chi connectivity index (χ2n) is 8.24. The van der Waals surface area contributed by atoms with Crippen molar-refractivity contribution >= 4 is 11.9 Å². The van der Waals surface area contributed by atoms with Crippen molar-refractivity contribution in [2.24, 2.45) is 16.3 Å². The van der Waals surface area contributed by atoms with Gasteiger partial charge in [-0.1, -0.05) is 36.8 Å². The number of hydrogen-bond acceptors (Lipinski definition) is 3. The van der Waals surface area contributed by atoms with Crippen LogP contribution in [0, 0.1) is 11.3 Å². The molecule has 1 saturated heterocycles. The lowest BCUT2D eigenvalue weighted by Crippen LogP contribution is -2.72.